The molecule has 0 saturated carbocycles. The summed E-state index contributed by atoms with van der Waals surface area (Å²) in [4.78, 5) is 27.9. The van der Waals surface area contributed by atoms with Crippen LogP contribution in [0.1, 0.15) is 15.9 Å². The third kappa shape index (κ3) is 4.08. The average molecular weight is 438 g/mol. The molecule has 0 atom stereocenters. The number of alkyl halides is 3. The Morgan fingerprint density at radius 1 is 1.07 bits per heavy atom. The molecule has 0 fully saturated rings. The number of carbonyl (C=O) groups is 2. The van der Waals surface area contributed by atoms with E-state index in [0.29, 0.717) is 10.0 Å². The summed E-state index contributed by atoms with van der Waals surface area (Å²) in [5, 5.41) is 1.71. The number of nitrogens with one attached hydrogen (secondary N) is 1. The lowest BCUT2D eigenvalue weighted by Crippen LogP contribution is -2.31. The summed E-state index contributed by atoms with van der Waals surface area (Å²) in [6.07, 6.45) is -2.47. The standard InChI is InChI=1S/C18H11BrF3N3O2/c19-12-6-7-14(13(10-12)15(26)11-4-2-1-3-5-11)25-9-8-23-17(25)24-16(27)18(20,21)22/h1-10H,(H,23,24,27). The highest BCUT2D eigenvalue weighted by Crippen LogP contribution is 2.26. The third-order valence-corrected chi connectivity index (χ3v) is 4.12. The Morgan fingerprint density at radius 2 is 1.78 bits per heavy atom. The first-order valence-corrected chi connectivity index (χ1v) is 8.38. The van der Waals surface area contributed by atoms with Gasteiger partial charge in [-0.05, 0) is 18.2 Å². The topological polar surface area (TPSA) is 64.0 Å². The molecule has 0 aliphatic heterocycles. The van der Waals surface area contributed by atoms with Crippen molar-refractivity contribution >= 4 is 33.6 Å². The second-order valence-electron chi connectivity index (χ2n) is 5.43. The minimum absolute atomic E-state index is 0.232. The molecule has 2 aromatic carbocycles. The van der Waals surface area contributed by atoms with Crippen LogP contribution in [0.2, 0.25) is 0 Å². The van der Waals surface area contributed by atoms with Crippen LogP contribution in [-0.4, -0.2) is 27.4 Å². The smallest absolute Gasteiger partial charge is 0.289 e. The molecule has 9 heteroatoms. The number of imidazole rings is 1. The van der Waals surface area contributed by atoms with Crippen LogP contribution in [0.25, 0.3) is 5.69 Å². The number of rotatable bonds is 4. The van der Waals surface area contributed by atoms with E-state index in [0.717, 1.165) is 0 Å². The molecule has 27 heavy (non-hydrogen) atoms. The van der Waals surface area contributed by atoms with Crippen molar-refractivity contribution in [3.63, 3.8) is 0 Å². The van der Waals surface area contributed by atoms with Crippen molar-refractivity contribution in [1.82, 2.24) is 9.55 Å². The van der Waals surface area contributed by atoms with E-state index >= 15 is 0 Å². The normalized spacial score (nSPS) is 11.3. The quantitative estimate of drug-likeness (QED) is 0.616. The number of amides is 1. The number of carbonyl (C=O) groups excluding carboxylic acids is 2. The van der Waals surface area contributed by atoms with E-state index in [1.165, 1.54) is 17.0 Å². The fourth-order valence-corrected chi connectivity index (χ4v) is 2.77. The van der Waals surface area contributed by atoms with Gasteiger partial charge in [0, 0.05) is 28.0 Å². The largest absolute Gasteiger partial charge is 0.471 e. The Hall–Kier alpha value is -2.94. The zero-order valence-electron chi connectivity index (χ0n) is 13.5. The van der Waals surface area contributed by atoms with Gasteiger partial charge >= 0.3 is 12.1 Å². The molecular formula is C18H11BrF3N3O2. The van der Waals surface area contributed by atoms with Crippen LogP contribution in [0, 0.1) is 0 Å². The molecule has 3 aromatic rings. The molecule has 5 nitrogen and oxygen atoms in total. The van der Waals surface area contributed by atoms with Crippen molar-refractivity contribution in [2.45, 2.75) is 6.18 Å². The maximum Gasteiger partial charge on any atom is 0.471 e. The molecular weight excluding hydrogens is 427 g/mol. The van der Waals surface area contributed by atoms with Gasteiger partial charge in [0.15, 0.2) is 5.78 Å². The van der Waals surface area contributed by atoms with Gasteiger partial charge in [-0.2, -0.15) is 13.2 Å². The van der Waals surface area contributed by atoms with Gasteiger partial charge in [-0.1, -0.05) is 46.3 Å². The summed E-state index contributed by atoms with van der Waals surface area (Å²) in [6.45, 7) is 0. The Morgan fingerprint density at radius 3 is 2.44 bits per heavy atom. The van der Waals surface area contributed by atoms with E-state index in [9.17, 15) is 22.8 Å². The van der Waals surface area contributed by atoms with Gasteiger partial charge in [0.2, 0.25) is 5.95 Å². The highest BCUT2D eigenvalue weighted by molar-refractivity contribution is 9.10. The molecule has 0 bridgehead atoms. The molecule has 138 valence electrons. The van der Waals surface area contributed by atoms with Crippen molar-refractivity contribution in [3.05, 3.63) is 76.5 Å². The summed E-state index contributed by atoms with van der Waals surface area (Å²) < 4.78 is 39.5. The number of ketones is 1. The zero-order chi connectivity index (χ0) is 19.6. The van der Waals surface area contributed by atoms with Gasteiger partial charge in [0.25, 0.3) is 0 Å². The number of hydrogen-bond acceptors (Lipinski definition) is 3. The third-order valence-electron chi connectivity index (χ3n) is 3.62. The highest BCUT2D eigenvalue weighted by Gasteiger charge is 2.39. The molecule has 0 aliphatic rings. The number of hydrogen-bond donors (Lipinski definition) is 1. The molecule has 0 aliphatic carbocycles. The van der Waals surface area contributed by atoms with Crippen LogP contribution in [0.5, 0.6) is 0 Å². The van der Waals surface area contributed by atoms with Crippen molar-refractivity contribution < 1.29 is 22.8 Å². The minimum Gasteiger partial charge on any atom is -0.289 e. The first kappa shape index (κ1) is 18.8. The summed E-state index contributed by atoms with van der Waals surface area (Å²) >= 11 is 3.29. The van der Waals surface area contributed by atoms with E-state index < -0.39 is 12.1 Å². The molecule has 0 spiro atoms. The monoisotopic (exact) mass is 437 g/mol. The molecule has 0 unspecified atom stereocenters. The Labute approximate surface area is 160 Å². The molecule has 1 aromatic heterocycles. The van der Waals surface area contributed by atoms with Gasteiger partial charge < -0.3 is 0 Å². The Bertz CT molecular complexity index is 1000. The number of nitrogens with zero attached hydrogens (tertiary/aromatic N) is 2. The summed E-state index contributed by atoms with van der Waals surface area (Å²) in [5.74, 6) is -2.82. The van der Waals surface area contributed by atoms with E-state index in [1.807, 2.05) is 0 Å². The maximum atomic E-state index is 12.9. The first-order valence-electron chi connectivity index (χ1n) is 7.58. The van der Waals surface area contributed by atoms with Crippen LogP contribution in [0.15, 0.2) is 65.4 Å². The fourth-order valence-electron chi connectivity index (χ4n) is 2.41. The van der Waals surface area contributed by atoms with Gasteiger partial charge in [0.1, 0.15) is 0 Å². The van der Waals surface area contributed by atoms with E-state index in [2.05, 4.69) is 20.9 Å². The lowest BCUT2D eigenvalue weighted by Gasteiger charge is -2.14. The molecule has 1 heterocycles. The number of benzene rings is 2. The van der Waals surface area contributed by atoms with Crippen LogP contribution < -0.4 is 5.32 Å². The van der Waals surface area contributed by atoms with Gasteiger partial charge in [-0.25, -0.2) is 4.98 Å². The zero-order valence-corrected chi connectivity index (χ0v) is 15.1. The predicted molar refractivity (Wildman–Crippen MR) is 95.8 cm³/mol. The summed E-state index contributed by atoms with van der Waals surface area (Å²) in [6, 6.07) is 13.2. The lowest BCUT2D eigenvalue weighted by molar-refractivity contribution is -0.167. The van der Waals surface area contributed by atoms with Gasteiger partial charge in [-0.3, -0.25) is 19.5 Å². The number of anilines is 1. The number of aromatic nitrogens is 2. The van der Waals surface area contributed by atoms with E-state index in [1.54, 1.807) is 53.8 Å². The highest BCUT2D eigenvalue weighted by atomic mass is 79.9. The molecule has 0 saturated heterocycles. The van der Waals surface area contributed by atoms with Crippen molar-refractivity contribution in [1.29, 1.82) is 0 Å². The van der Waals surface area contributed by atoms with Gasteiger partial charge in [0.05, 0.1) is 5.69 Å². The molecule has 0 radical (unpaired) electrons. The maximum absolute atomic E-state index is 12.9. The minimum atomic E-state index is -5.06. The van der Waals surface area contributed by atoms with Gasteiger partial charge in [-0.15, -0.1) is 0 Å². The van der Waals surface area contributed by atoms with Crippen molar-refractivity contribution in [3.8, 4) is 5.69 Å². The first-order chi connectivity index (χ1) is 12.8. The van der Waals surface area contributed by atoms with E-state index in [-0.39, 0.29) is 23.0 Å². The molecule has 1 amide bonds. The SMILES string of the molecule is O=C(c1ccccc1)c1cc(Br)ccc1-n1ccnc1NC(=O)C(F)(F)F. The van der Waals surface area contributed by atoms with Crippen molar-refractivity contribution in [2.24, 2.45) is 0 Å². The summed E-state index contributed by atoms with van der Waals surface area (Å²) in [5.41, 5.74) is 0.927. The van der Waals surface area contributed by atoms with Crippen LogP contribution in [-0.2, 0) is 4.79 Å². The predicted octanol–water partition coefficient (Wildman–Crippen LogP) is 4.37. The number of halogens is 4. The Balaban J connectivity index is 2.06. The molecule has 1 N–H and O–H groups in total. The lowest BCUT2D eigenvalue weighted by atomic mass is 10.0. The second-order valence-corrected chi connectivity index (χ2v) is 6.35. The summed E-state index contributed by atoms with van der Waals surface area (Å²) in [7, 11) is 0. The molecule has 3 rings (SSSR count). The second kappa shape index (κ2) is 7.36. The van der Waals surface area contributed by atoms with Crippen molar-refractivity contribution in [2.75, 3.05) is 5.32 Å². The fraction of sp³-hybridized carbons (Fsp3) is 0.0556. The van der Waals surface area contributed by atoms with Crippen LogP contribution in [0.4, 0.5) is 19.1 Å². The van der Waals surface area contributed by atoms with Crippen LogP contribution >= 0.6 is 15.9 Å². The Kier molecular flexibility index (Phi) is 5.13. The average Bonchev–Trinajstić information content (AvgIpc) is 3.09. The van der Waals surface area contributed by atoms with Crippen LogP contribution in [0.3, 0.4) is 0 Å². The van der Waals surface area contributed by atoms with E-state index in [4.69, 9.17) is 0 Å².